The van der Waals surface area contributed by atoms with Gasteiger partial charge >= 0.3 is 5.97 Å². The van der Waals surface area contributed by atoms with Crippen molar-refractivity contribution >= 4 is 23.5 Å². The van der Waals surface area contributed by atoms with Crippen molar-refractivity contribution in [1.29, 1.82) is 0 Å². The zero-order valence-corrected chi connectivity index (χ0v) is 7.48. The molecular formula is C7H10ClNO3. The monoisotopic (exact) mass is 191 g/mol. The lowest BCUT2D eigenvalue weighted by molar-refractivity contribution is -0.146. The predicted molar refractivity (Wildman–Crippen MR) is 42.8 cm³/mol. The van der Waals surface area contributed by atoms with Gasteiger partial charge in [0, 0.05) is 0 Å². The zero-order chi connectivity index (χ0) is 9.19. The fourth-order valence-electron chi connectivity index (χ4n) is 1.00. The smallest absolute Gasteiger partial charge is 0.331 e. The van der Waals surface area contributed by atoms with E-state index in [1.807, 2.05) is 0 Å². The number of hydrogen-bond donors (Lipinski definition) is 1. The molecule has 1 aliphatic rings. The number of rotatable bonds is 3. The highest BCUT2D eigenvalue weighted by Crippen LogP contribution is 2.36. The average Bonchev–Trinajstić information content (AvgIpc) is 2.84. The Morgan fingerprint density at radius 3 is 2.50 bits per heavy atom. The molecule has 1 amide bonds. The number of amides is 1. The van der Waals surface area contributed by atoms with E-state index in [2.05, 4.69) is 10.1 Å². The molecule has 4 nitrogen and oxygen atoms in total. The van der Waals surface area contributed by atoms with E-state index in [4.69, 9.17) is 11.6 Å². The largest absolute Gasteiger partial charge is 0.467 e. The van der Waals surface area contributed by atoms with Crippen molar-refractivity contribution in [3.05, 3.63) is 0 Å². The van der Waals surface area contributed by atoms with Gasteiger partial charge in [-0.15, -0.1) is 11.6 Å². The minimum atomic E-state index is -0.763. The summed E-state index contributed by atoms with van der Waals surface area (Å²) in [6, 6.07) is 0. The van der Waals surface area contributed by atoms with E-state index in [1.165, 1.54) is 7.11 Å². The molecule has 1 fully saturated rings. The van der Waals surface area contributed by atoms with Crippen LogP contribution in [0.2, 0.25) is 0 Å². The molecule has 1 saturated carbocycles. The summed E-state index contributed by atoms with van der Waals surface area (Å²) in [5.41, 5.74) is -0.763. The van der Waals surface area contributed by atoms with Crippen molar-refractivity contribution in [2.24, 2.45) is 0 Å². The lowest BCUT2D eigenvalue weighted by Gasteiger charge is -2.13. The molecule has 0 saturated heterocycles. The van der Waals surface area contributed by atoms with E-state index in [-0.39, 0.29) is 17.8 Å². The standard InChI is InChI=1S/C7H10ClNO3/c1-12-6(11)7(2-3-7)9-5(10)4-8/h2-4H2,1H3,(H,9,10). The number of halogens is 1. The van der Waals surface area contributed by atoms with Crippen LogP contribution >= 0.6 is 11.6 Å². The number of hydrogen-bond acceptors (Lipinski definition) is 3. The lowest BCUT2D eigenvalue weighted by Crippen LogP contribution is -2.44. The molecule has 1 aliphatic carbocycles. The summed E-state index contributed by atoms with van der Waals surface area (Å²) in [5.74, 6) is -0.848. The Balaban J connectivity index is 2.50. The topological polar surface area (TPSA) is 55.4 Å². The van der Waals surface area contributed by atoms with Crippen LogP contribution in [0.1, 0.15) is 12.8 Å². The van der Waals surface area contributed by atoms with Gasteiger partial charge < -0.3 is 10.1 Å². The summed E-state index contributed by atoms with van der Waals surface area (Å²) in [6.45, 7) is 0. The van der Waals surface area contributed by atoms with Gasteiger partial charge in [0.15, 0.2) is 0 Å². The van der Waals surface area contributed by atoms with Gasteiger partial charge in [-0.25, -0.2) is 4.79 Å². The first kappa shape index (κ1) is 9.32. The third kappa shape index (κ3) is 1.69. The fraction of sp³-hybridized carbons (Fsp3) is 0.714. The van der Waals surface area contributed by atoms with E-state index in [9.17, 15) is 9.59 Å². The molecule has 12 heavy (non-hydrogen) atoms. The lowest BCUT2D eigenvalue weighted by atomic mass is 10.3. The number of nitrogens with one attached hydrogen (secondary N) is 1. The number of carbonyl (C=O) groups excluding carboxylic acids is 2. The first-order valence-corrected chi connectivity index (χ1v) is 4.13. The van der Waals surface area contributed by atoms with E-state index in [0.717, 1.165) is 0 Å². The molecule has 0 aromatic rings. The van der Waals surface area contributed by atoms with Gasteiger partial charge in [0.25, 0.3) is 0 Å². The SMILES string of the molecule is COC(=O)C1(NC(=O)CCl)CC1. The van der Waals surface area contributed by atoms with Crippen LogP contribution in [0.5, 0.6) is 0 Å². The van der Waals surface area contributed by atoms with Crippen LogP contribution in [-0.2, 0) is 14.3 Å². The van der Waals surface area contributed by atoms with Gasteiger partial charge in [0.1, 0.15) is 11.4 Å². The van der Waals surface area contributed by atoms with Crippen molar-refractivity contribution in [3.63, 3.8) is 0 Å². The maximum atomic E-state index is 11.1. The third-order valence-electron chi connectivity index (χ3n) is 1.83. The van der Waals surface area contributed by atoms with Crippen LogP contribution < -0.4 is 5.32 Å². The Morgan fingerprint density at radius 1 is 1.58 bits per heavy atom. The zero-order valence-electron chi connectivity index (χ0n) is 6.72. The maximum absolute atomic E-state index is 11.1. The van der Waals surface area contributed by atoms with Gasteiger partial charge in [-0.2, -0.15) is 0 Å². The first-order valence-electron chi connectivity index (χ1n) is 3.60. The van der Waals surface area contributed by atoms with Crippen LogP contribution in [-0.4, -0.2) is 30.4 Å². The quantitative estimate of drug-likeness (QED) is 0.507. The van der Waals surface area contributed by atoms with Crippen molar-refractivity contribution in [2.75, 3.05) is 13.0 Å². The second-order valence-corrected chi connectivity index (χ2v) is 3.02. The highest BCUT2D eigenvalue weighted by molar-refractivity contribution is 6.27. The van der Waals surface area contributed by atoms with Crippen LogP contribution in [0.15, 0.2) is 0 Å². The molecule has 0 unspecified atom stereocenters. The molecule has 1 N–H and O–H groups in total. The summed E-state index contributed by atoms with van der Waals surface area (Å²) in [4.78, 5) is 21.9. The Labute approximate surface area is 75.2 Å². The molecule has 5 heteroatoms. The fourth-order valence-corrected chi connectivity index (χ4v) is 1.07. The highest BCUT2D eigenvalue weighted by atomic mass is 35.5. The molecule has 0 aromatic carbocycles. The summed E-state index contributed by atoms with van der Waals surface area (Å²) in [5, 5.41) is 2.52. The molecule has 0 aromatic heterocycles. The molecule has 0 aliphatic heterocycles. The van der Waals surface area contributed by atoms with Gasteiger partial charge in [0.05, 0.1) is 7.11 Å². The van der Waals surface area contributed by atoms with Crippen molar-refractivity contribution in [3.8, 4) is 0 Å². The van der Waals surface area contributed by atoms with Crippen LogP contribution in [0, 0.1) is 0 Å². The minimum absolute atomic E-state index is 0.126. The first-order chi connectivity index (χ1) is 5.64. The molecule has 0 spiro atoms. The van der Waals surface area contributed by atoms with Crippen LogP contribution in [0.25, 0.3) is 0 Å². The summed E-state index contributed by atoms with van der Waals surface area (Å²) in [6.07, 6.45) is 1.28. The number of carbonyl (C=O) groups is 2. The number of alkyl halides is 1. The summed E-state index contributed by atoms with van der Waals surface area (Å²) >= 11 is 5.27. The molecule has 68 valence electrons. The number of methoxy groups -OCH3 is 1. The predicted octanol–water partition coefficient (Wildman–Crippen LogP) is 0.0470. The normalized spacial score (nSPS) is 18.2. The van der Waals surface area contributed by atoms with Crippen molar-refractivity contribution in [1.82, 2.24) is 5.32 Å². The Bertz CT molecular complexity index is 213. The summed E-state index contributed by atoms with van der Waals surface area (Å²) in [7, 11) is 1.30. The molecule has 0 heterocycles. The molecule has 0 bridgehead atoms. The van der Waals surface area contributed by atoms with E-state index in [0.29, 0.717) is 12.8 Å². The highest BCUT2D eigenvalue weighted by Gasteiger charge is 2.52. The Hall–Kier alpha value is -0.770. The molecule has 1 rings (SSSR count). The van der Waals surface area contributed by atoms with Crippen LogP contribution in [0.3, 0.4) is 0 Å². The Kier molecular flexibility index (Phi) is 2.57. The van der Waals surface area contributed by atoms with Gasteiger partial charge in [-0.1, -0.05) is 0 Å². The molecular weight excluding hydrogens is 182 g/mol. The summed E-state index contributed by atoms with van der Waals surface area (Å²) < 4.78 is 4.53. The van der Waals surface area contributed by atoms with Gasteiger partial charge in [-0.05, 0) is 12.8 Å². The Morgan fingerprint density at radius 2 is 2.17 bits per heavy atom. The van der Waals surface area contributed by atoms with Crippen molar-refractivity contribution < 1.29 is 14.3 Å². The van der Waals surface area contributed by atoms with Gasteiger partial charge in [0.2, 0.25) is 5.91 Å². The second-order valence-electron chi connectivity index (χ2n) is 2.76. The molecule has 0 atom stereocenters. The maximum Gasteiger partial charge on any atom is 0.331 e. The van der Waals surface area contributed by atoms with E-state index < -0.39 is 5.54 Å². The second kappa shape index (κ2) is 3.31. The van der Waals surface area contributed by atoms with Crippen LogP contribution in [0.4, 0.5) is 0 Å². The third-order valence-corrected chi connectivity index (χ3v) is 2.07. The number of esters is 1. The minimum Gasteiger partial charge on any atom is -0.467 e. The van der Waals surface area contributed by atoms with Gasteiger partial charge in [-0.3, -0.25) is 4.79 Å². The number of ether oxygens (including phenoxy) is 1. The van der Waals surface area contributed by atoms with Crippen molar-refractivity contribution in [2.45, 2.75) is 18.4 Å². The molecule has 0 radical (unpaired) electrons. The van der Waals surface area contributed by atoms with E-state index >= 15 is 0 Å². The average molecular weight is 192 g/mol. The van der Waals surface area contributed by atoms with E-state index in [1.54, 1.807) is 0 Å².